The summed E-state index contributed by atoms with van der Waals surface area (Å²) in [7, 11) is 0. The van der Waals surface area contributed by atoms with E-state index in [0.717, 1.165) is 16.5 Å². The molecular formula is C23H29N3O2S. The molecule has 154 valence electrons. The Bertz CT molecular complexity index is 858. The largest absolute Gasteiger partial charge is 0.339 e. The van der Waals surface area contributed by atoms with Gasteiger partial charge in [-0.3, -0.25) is 14.6 Å². The van der Waals surface area contributed by atoms with Crippen LogP contribution in [0.3, 0.4) is 0 Å². The first kappa shape index (κ1) is 20.2. The maximum Gasteiger partial charge on any atom is 0.232 e. The third-order valence-electron chi connectivity index (χ3n) is 6.00. The maximum atomic E-state index is 12.6. The molecule has 1 aliphatic heterocycles. The number of rotatable bonds is 6. The summed E-state index contributed by atoms with van der Waals surface area (Å²) in [5.74, 6) is 0.995. The number of thioether (sulfide) groups is 1. The van der Waals surface area contributed by atoms with Gasteiger partial charge >= 0.3 is 0 Å². The molecule has 1 saturated carbocycles. The number of hydrogen-bond donors (Lipinski definition) is 0. The van der Waals surface area contributed by atoms with E-state index in [1.165, 1.54) is 25.7 Å². The fraction of sp³-hybridized carbons (Fsp3) is 0.522. The zero-order chi connectivity index (χ0) is 20.1. The standard InChI is InChI=1S/C23H29N3O2S/c27-22(10-9-18-15-19-5-1-4-8-21(19)24-16-18)25-11-13-26(14-12-25)23(28)17-29-20-6-2-3-7-20/h1,4-5,8,15-16,20H,2-3,6-7,9-14,17H2. The Morgan fingerprint density at radius 2 is 1.69 bits per heavy atom. The molecule has 5 nitrogen and oxygen atoms in total. The molecule has 0 N–H and O–H groups in total. The van der Waals surface area contributed by atoms with E-state index in [0.29, 0.717) is 50.0 Å². The molecule has 6 heteroatoms. The Kier molecular flexibility index (Phi) is 6.70. The molecule has 29 heavy (non-hydrogen) atoms. The summed E-state index contributed by atoms with van der Waals surface area (Å²) in [6.07, 6.45) is 8.19. The molecule has 1 aromatic carbocycles. The first-order valence-electron chi connectivity index (χ1n) is 10.7. The van der Waals surface area contributed by atoms with E-state index in [9.17, 15) is 9.59 Å². The second-order valence-corrected chi connectivity index (χ2v) is 9.30. The molecular weight excluding hydrogens is 382 g/mol. The predicted octanol–water partition coefficient (Wildman–Crippen LogP) is 3.51. The minimum atomic E-state index is 0.172. The van der Waals surface area contributed by atoms with Crippen LogP contribution in [0, 0.1) is 0 Å². The predicted molar refractivity (Wildman–Crippen MR) is 118 cm³/mol. The molecule has 0 spiro atoms. The summed E-state index contributed by atoms with van der Waals surface area (Å²) in [6, 6.07) is 10.2. The lowest BCUT2D eigenvalue weighted by molar-refractivity contribution is -0.138. The van der Waals surface area contributed by atoms with Gasteiger partial charge in [-0.1, -0.05) is 31.0 Å². The van der Waals surface area contributed by atoms with E-state index in [1.807, 2.05) is 46.0 Å². The molecule has 2 amide bonds. The molecule has 2 heterocycles. The third-order valence-corrected chi connectivity index (χ3v) is 7.36. The Hall–Kier alpha value is -2.08. The zero-order valence-corrected chi connectivity index (χ0v) is 17.7. The van der Waals surface area contributed by atoms with E-state index < -0.39 is 0 Å². The topological polar surface area (TPSA) is 53.5 Å². The second kappa shape index (κ2) is 9.61. The lowest BCUT2D eigenvalue weighted by Crippen LogP contribution is -2.51. The van der Waals surface area contributed by atoms with Crippen LogP contribution in [0.2, 0.25) is 0 Å². The number of amides is 2. The van der Waals surface area contributed by atoms with E-state index in [4.69, 9.17) is 0 Å². The van der Waals surface area contributed by atoms with Crippen LogP contribution in [-0.2, 0) is 16.0 Å². The SMILES string of the molecule is O=C(CCc1cnc2ccccc2c1)N1CCN(C(=O)CSC2CCCC2)CC1. The fourth-order valence-electron chi connectivity index (χ4n) is 4.20. The van der Waals surface area contributed by atoms with Crippen molar-refractivity contribution in [2.24, 2.45) is 0 Å². The Morgan fingerprint density at radius 3 is 2.45 bits per heavy atom. The number of carbonyl (C=O) groups is 2. The summed E-state index contributed by atoms with van der Waals surface area (Å²) in [5.41, 5.74) is 2.07. The van der Waals surface area contributed by atoms with Crippen molar-refractivity contribution in [3.8, 4) is 0 Å². The van der Waals surface area contributed by atoms with Crippen molar-refractivity contribution in [1.82, 2.24) is 14.8 Å². The molecule has 0 radical (unpaired) electrons. The van der Waals surface area contributed by atoms with Crippen LogP contribution in [0.15, 0.2) is 36.5 Å². The number of pyridine rings is 1. The normalized spacial score (nSPS) is 17.8. The smallest absolute Gasteiger partial charge is 0.232 e. The van der Waals surface area contributed by atoms with Crippen LogP contribution in [-0.4, -0.2) is 63.8 Å². The van der Waals surface area contributed by atoms with Crippen molar-refractivity contribution in [3.63, 3.8) is 0 Å². The van der Waals surface area contributed by atoms with Crippen molar-refractivity contribution < 1.29 is 9.59 Å². The lowest BCUT2D eigenvalue weighted by Gasteiger charge is -2.35. The quantitative estimate of drug-likeness (QED) is 0.730. The van der Waals surface area contributed by atoms with Crippen LogP contribution < -0.4 is 0 Å². The highest BCUT2D eigenvalue weighted by molar-refractivity contribution is 8.00. The second-order valence-electron chi connectivity index (χ2n) is 8.02. The summed E-state index contributed by atoms with van der Waals surface area (Å²) in [5, 5.41) is 1.78. The number of hydrogen-bond acceptors (Lipinski definition) is 4. The van der Waals surface area contributed by atoms with Crippen LogP contribution in [0.1, 0.15) is 37.7 Å². The van der Waals surface area contributed by atoms with E-state index in [2.05, 4.69) is 17.1 Å². The van der Waals surface area contributed by atoms with Crippen molar-refractivity contribution >= 4 is 34.5 Å². The maximum absolute atomic E-state index is 12.6. The Labute approximate surface area is 176 Å². The monoisotopic (exact) mass is 411 g/mol. The molecule has 0 atom stereocenters. The van der Waals surface area contributed by atoms with Crippen LogP contribution in [0.4, 0.5) is 0 Å². The number of aromatic nitrogens is 1. The van der Waals surface area contributed by atoms with Gasteiger partial charge in [0.05, 0.1) is 11.3 Å². The number of fused-ring (bicyclic) bond motifs is 1. The summed E-state index contributed by atoms with van der Waals surface area (Å²) in [6.45, 7) is 2.62. The van der Waals surface area contributed by atoms with E-state index >= 15 is 0 Å². The van der Waals surface area contributed by atoms with Crippen LogP contribution in [0.5, 0.6) is 0 Å². The van der Waals surface area contributed by atoms with Crippen LogP contribution in [0.25, 0.3) is 10.9 Å². The zero-order valence-electron chi connectivity index (χ0n) is 16.9. The molecule has 4 rings (SSSR count). The molecule has 2 fully saturated rings. The Balaban J connectivity index is 1.20. The van der Waals surface area contributed by atoms with Gasteiger partial charge in [-0.25, -0.2) is 0 Å². The van der Waals surface area contributed by atoms with E-state index in [1.54, 1.807) is 0 Å². The molecule has 1 saturated heterocycles. The van der Waals surface area contributed by atoms with Crippen molar-refractivity contribution in [1.29, 1.82) is 0 Å². The van der Waals surface area contributed by atoms with Crippen molar-refractivity contribution in [2.45, 2.75) is 43.8 Å². The fourth-order valence-corrected chi connectivity index (χ4v) is 5.43. The van der Waals surface area contributed by atoms with Crippen LogP contribution >= 0.6 is 11.8 Å². The number of carbonyl (C=O) groups excluding carboxylic acids is 2. The van der Waals surface area contributed by atoms with Gasteiger partial charge in [-0.05, 0) is 37.0 Å². The van der Waals surface area contributed by atoms with E-state index in [-0.39, 0.29) is 11.8 Å². The highest BCUT2D eigenvalue weighted by Crippen LogP contribution is 2.29. The average molecular weight is 412 g/mol. The van der Waals surface area contributed by atoms with Gasteiger partial charge in [0.2, 0.25) is 11.8 Å². The summed E-state index contributed by atoms with van der Waals surface area (Å²) in [4.78, 5) is 33.4. The minimum absolute atomic E-state index is 0.172. The summed E-state index contributed by atoms with van der Waals surface area (Å²) >= 11 is 1.82. The van der Waals surface area contributed by atoms with Gasteiger partial charge in [-0.2, -0.15) is 0 Å². The van der Waals surface area contributed by atoms with Crippen molar-refractivity contribution in [3.05, 3.63) is 42.1 Å². The van der Waals surface area contributed by atoms with Gasteiger partial charge < -0.3 is 9.80 Å². The number of piperazine rings is 1. The number of benzene rings is 1. The molecule has 0 unspecified atom stereocenters. The van der Waals surface area contributed by atoms with Crippen molar-refractivity contribution in [2.75, 3.05) is 31.9 Å². The molecule has 0 bridgehead atoms. The molecule has 2 aliphatic rings. The third kappa shape index (κ3) is 5.30. The first-order valence-corrected chi connectivity index (χ1v) is 11.7. The Morgan fingerprint density at radius 1 is 1.00 bits per heavy atom. The average Bonchev–Trinajstić information content (AvgIpc) is 3.29. The van der Waals surface area contributed by atoms with Gasteiger partial charge in [0.15, 0.2) is 0 Å². The highest BCUT2D eigenvalue weighted by Gasteiger charge is 2.25. The van der Waals surface area contributed by atoms with Gasteiger partial charge in [0.1, 0.15) is 0 Å². The number of para-hydroxylation sites is 1. The number of nitrogens with zero attached hydrogens (tertiary/aromatic N) is 3. The van der Waals surface area contributed by atoms with Gasteiger partial charge in [0.25, 0.3) is 0 Å². The summed E-state index contributed by atoms with van der Waals surface area (Å²) < 4.78 is 0. The minimum Gasteiger partial charge on any atom is -0.339 e. The highest BCUT2D eigenvalue weighted by atomic mass is 32.2. The first-order chi connectivity index (χ1) is 14.2. The van der Waals surface area contributed by atoms with Gasteiger partial charge in [-0.15, -0.1) is 11.8 Å². The molecule has 2 aromatic rings. The molecule has 1 aliphatic carbocycles. The molecule has 1 aromatic heterocycles. The number of aryl methyl sites for hydroxylation is 1. The lowest BCUT2D eigenvalue weighted by atomic mass is 10.1. The van der Waals surface area contributed by atoms with Gasteiger partial charge in [0, 0.05) is 49.4 Å².